The second-order valence-corrected chi connectivity index (χ2v) is 8.24. The SMILES string of the molecule is CNc1ccccc1C(=O)OCC(=O)N1N=C2C(=Cc3ccco3)CCCC2C1c1ccco1. The number of hydrazone groups is 1. The summed E-state index contributed by atoms with van der Waals surface area (Å²) in [6.07, 6.45) is 7.88. The zero-order valence-corrected chi connectivity index (χ0v) is 18.8. The Kier molecular flexibility index (Phi) is 6.03. The molecule has 1 fully saturated rings. The molecular weight excluding hydrogens is 434 g/mol. The van der Waals surface area contributed by atoms with Gasteiger partial charge in [-0.05, 0) is 67.3 Å². The van der Waals surface area contributed by atoms with Crippen LogP contribution in [-0.4, -0.2) is 36.3 Å². The molecule has 3 aromatic rings. The lowest BCUT2D eigenvalue weighted by Crippen LogP contribution is -2.34. The number of furan rings is 2. The second kappa shape index (κ2) is 9.43. The summed E-state index contributed by atoms with van der Waals surface area (Å²) in [6.45, 7) is -0.422. The van der Waals surface area contributed by atoms with E-state index in [0.717, 1.165) is 36.3 Å². The first-order valence-corrected chi connectivity index (χ1v) is 11.3. The Hall–Kier alpha value is -4.07. The fourth-order valence-corrected chi connectivity index (χ4v) is 4.64. The summed E-state index contributed by atoms with van der Waals surface area (Å²) in [4.78, 5) is 25.9. The largest absolute Gasteiger partial charge is 0.467 e. The quantitative estimate of drug-likeness (QED) is 0.527. The van der Waals surface area contributed by atoms with Crippen molar-refractivity contribution in [2.45, 2.75) is 25.3 Å². The number of benzene rings is 1. The van der Waals surface area contributed by atoms with Crippen LogP contribution in [0.5, 0.6) is 0 Å². The number of carbonyl (C=O) groups excluding carboxylic acids is 2. The van der Waals surface area contributed by atoms with Crippen LogP contribution in [0.25, 0.3) is 6.08 Å². The van der Waals surface area contributed by atoms with Crippen LogP contribution in [0.15, 0.2) is 80.6 Å². The monoisotopic (exact) mass is 459 g/mol. The third-order valence-electron chi connectivity index (χ3n) is 6.19. The average molecular weight is 460 g/mol. The van der Waals surface area contributed by atoms with E-state index in [9.17, 15) is 9.59 Å². The Morgan fingerprint density at radius 3 is 2.74 bits per heavy atom. The average Bonchev–Trinajstić information content (AvgIpc) is 3.63. The van der Waals surface area contributed by atoms with Gasteiger partial charge in [0.15, 0.2) is 6.61 Å². The molecule has 174 valence electrons. The molecule has 3 heterocycles. The van der Waals surface area contributed by atoms with Gasteiger partial charge in [0.25, 0.3) is 5.91 Å². The first kappa shape index (κ1) is 21.8. The maximum Gasteiger partial charge on any atom is 0.340 e. The number of nitrogens with zero attached hydrogens (tertiary/aromatic N) is 2. The minimum absolute atomic E-state index is 0.00854. The van der Waals surface area contributed by atoms with Crippen LogP contribution >= 0.6 is 0 Å². The molecule has 0 radical (unpaired) electrons. The summed E-state index contributed by atoms with van der Waals surface area (Å²) >= 11 is 0. The number of para-hydroxylation sites is 1. The van der Waals surface area contributed by atoms with E-state index >= 15 is 0 Å². The van der Waals surface area contributed by atoms with Crippen LogP contribution in [0.1, 0.15) is 47.2 Å². The molecule has 1 N–H and O–H groups in total. The molecule has 1 saturated carbocycles. The van der Waals surface area contributed by atoms with E-state index < -0.39 is 18.5 Å². The van der Waals surface area contributed by atoms with E-state index in [1.165, 1.54) is 5.01 Å². The minimum Gasteiger partial charge on any atom is -0.467 e. The molecule has 8 heteroatoms. The van der Waals surface area contributed by atoms with Gasteiger partial charge in [0.05, 0.1) is 23.8 Å². The van der Waals surface area contributed by atoms with Gasteiger partial charge in [-0.25, -0.2) is 9.80 Å². The topological polar surface area (TPSA) is 97.3 Å². The Morgan fingerprint density at radius 2 is 1.97 bits per heavy atom. The van der Waals surface area contributed by atoms with Crippen molar-refractivity contribution in [3.8, 4) is 0 Å². The predicted molar refractivity (Wildman–Crippen MR) is 126 cm³/mol. The molecule has 0 bridgehead atoms. The lowest BCUT2D eigenvalue weighted by Gasteiger charge is -2.27. The molecule has 5 rings (SSSR count). The molecule has 1 aromatic carbocycles. The number of hydrogen-bond acceptors (Lipinski definition) is 7. The molecule has 0 spiro atoms. The van der Waals surface area contributed by atoms with Gasteiger partial charge in [0.2, 0.25) is 0 Å². The molecular formula is C26H25N3O5. The minimum atomic E-state index is -0.574. The van der Waals surface area contributed by atoms with Crippen molar-refractivity contribution in [1.82, 2.24) is 5.01 Å². The number of ether oxygens (including phenoxy) is 1. The number of carbonyl (C=O) groups is 2. The first-order valence-electron chi connectivity index (χ1n) is 11.3. The predicted octanol–water partition coefficient (Wildman–Crippen LogP) is 4.89. The standard InChI is InChI=1S/C26H25N3O5/c1-27-21-11-3-2-9-19(21)26(31)34-16-23(30)29-25(22-12-6-14-33-22)20-10-4-7-17(24(20)28-29)15-18-8-5-13-32-18/h2-3,5-6,8-9,11-15,20,25,27H,4,7,10,16H2,1H3. The Balaban J connectivity index is 1.39. The second-order valence-electron chi connectivity index (χ2n) is 8.24. The van der Waals surface area contributed by atoms with Crippen LogP contribution in [0.3, 0.4) is 0 Å². The number of rotatable bonds is 6. The summed E-state index contributed by atoms with van der Waals surface area (Å²) in [6, 6.07) is 14.0. The van der Waals surface area contributed by atoms with Crippen molar-refractivity contribution in [3.05, 3.63) is 83.7 Å². The molecule has 8 nitrogen and oxygen atoms in total. The summed E-state index contributed by atoms with van der Waals surface area (Å²) in [7, 11) is 1.72. The molecule has 2 atom stereocenters. The van der Waals surface area contributed by atoms with E-state index in [1.807, 2.05) is 30.3 Å². The molecule has 1 amide bonds. The number of amides is 1. The van der Waals surface area contributed by atoms with Gasteiger partial charge in [-0.3, -0.25) is 4.79 Å². The van der Waals surface area contributed by atoms with Gasteiger partial charge in [0, 0.05) is 18.7 Å². The van der Waals surface area contributed by atoms with Crippen molar-refractivity contribution in [2.24, 2.45) is 11.0 Å². The van der Waals surface area contributed by atoms with Crippen LogP contribution in [0, 0.1) is 5.92 Å². The molecule has 34 heavy (non-hydrogen) atoms. The third kappa shape index (κ3) is 4.14. The highest BCUT2D eigenvalue weighted by atomic mass is 16.5. The lowest BCUT2D eigenvalue weighted by atomic mass is 9.79. The summed E-state index contributed by atoms with van der Waals surface area (Å²) in [5.41, 5.74) is 2.89. The lowest BCUT2D eigenvalue weighted by molar-refractivity contribution is -0.137. The van der Waals surface area contributed by atoms with Gasteiger partial charge in [-0.1, -0.05) is 12.1 Å². The zero-order valence-electron chi connectivity index (χ0n) is 18.8. The van der Waals surface area contributed by atoms with Gasteiger partial charge in [0.1, 0.15) is 17.6 Å². The number of esters is 1. The maximum atomic E-state index is 13.3. The van der Waals surface area contributed by atoms with Crippen molar-refractivity contribution < 1.29 is 23.2 Å². The summed E-state index contributed by atoms with van der Waals surface area (Å²) < 4.78 is 16.6. The van der Waals surface area contributed by atoms with E-state index in [2.05, 4.69) is 5.32 Å². The fourth-order valence-electron chi connectivity index (χ4n) is 4.64. The van der Waals surface area contributed by atoms with Crippen molar-refractivity contribution in [3.63, 3.8) is 0 Å². The van der Waals surface area contributed by atoms with Crippen molar-refractivity contribution in [2.75, 3.05) is 19.0 Å². The molecule has 1 aliphatic heterocycles. The fraction of sp³-hybridized carbons (Fsp3) is 0.269. The van der Waals surface area contributed by atoms with Crippen LogP contribution in [0.4, 0.5) is 5.69 Å². The van der Waals surface area contributed by atoms with Gasteiger partial charge in [-0.2, -0.15) is 5.10 Å². The van der Waals surface area contributed by atoms with E-state index in [0.29, 0.717) is 17.0 Å². The maximum absolute atomic E-state index is 13.3. The molecule has 2 aromatic heterocycles. The Bertz CT molecular complexity index is 1230. The number of anilines is 1. The van der Waals surface area contributed by atoms with Crippen LogP contribution in [0.2, 0.25) is 0 Å². The van der Waals surface area contributed by atoms with Crippen molar-refractivity contribution >= 4 is 29.4 Å². The van der Waals surface area contributed by atoms with E-state index in [-0.39, 0.29) is 12.0 Å². The Morgan fingerprint density at radius 1 is 1.15 bits per heavy atom. The Labute approximate surface area is 196 Å². The molecule has 0 saturated heterocycles. The zero-order chi connectivity index (χ0) is 23.5. The normalized spacial score (nSPS) is 20.7. The smallest absolute Gasteiger partial charge is 0.340 e. The van der Waals surface area contributed by atoms with Gasteiger partial charge >= 0.3 is 5.97 Å². The number of nitrogens with one attached hydrogen (secondary N) is 1. The first-order chi connectivity index (χ1) is 16.7. The summed E-state index contributed by atoms with van der Waals surface area (Å²) in [5.74, 6) is 0.412. The molecule has 2 unspecified atom stereocenters. The van der Waals surface area contributed by atoms with Gasteiger partial charge < -0.3 is 18.9 Å². The third-order valence-corrected chi connectivity index (χ3v) is 6.19. The van der Waals surface area contributed by atoms with Gasteiger partial charge in [-0.15, -0.1) is 0 Å². The molecule has 1 aliphatic carbocycles. The van der Waals surface area contributed by atoms with Crippen molar-refractivity contribution in [1.29, 1.82) is 0 Å². The highest BCUT2D eigenvalue weighted by molar-refractivity contribution is 6.08. The summed E-state index contributed by atoms with van der Waals surface area (Å²) in [5, 5.41) is 9.09. The van der Waals surface area contributed by atoms with E-state index in [1.54, 1.807) is 43.8 Å². The van der Waals surface area contributed by atoms with Crippen LogP contribution < -0.4 is 5.32 Å². The number of fused-ring (bicyclic) bond motifs is 1. The molecule has 2 aliphatic rings. The number of allylic oxidation sites excluding steroid dienone is 1. The number of hydrogen-bond donors (Lipinski definition) is 1. The highest BCUT2D eigenvalue weighted by Gasteiger charge is 2.45. The van der Waals surface area contributed by atoms with Crippen LogP contribution in [-0.2, 0) is 9.53 Å². The highest BCUT2D eigenvalue weighted by Crippen LogP contribution is 2.44. The van der Waals surface area contributed by atoms with E-state index in [4.69, 9.17) is 18.7 Å².